The summed E-state index contributed by atoms with van der Waals surface area (Å²) in [7, 11) is 0. The molecule has 0 bridgehead atoms. The van der Waals surface area contributed by atoms with Gasteiger partial charge in [-0.25, -0.2) is 0 Å². The molecule has 0 fully saturated rings. The second-order valence-electron chi connectivity index (χ2n) is 13.4. The van der Waals surface area contributed by atoms with E-state index in [1.807, 2.05) is 176 Å². The van der Waals surface area contributed by atoms with E-state index in [1.165, 1.54) is 0 Å². The highest BCUT2D eigenvalue weighted by Crippen LogP contribution is 2.49. The van der Waals surface area contributed by atoms with Crippen molar-refractivity contribution in [2.75, 3.05) is 0 Å². The Kier molecular flexibility index (Phi) is 8.08. The van der Waals surface area contributed by atoms with Gasteiger partial charge >= 0.3 is 0 Å². The van der Waals surface area contributed by atoms with E-state index in [4.69, 9.17) is 4.42 Å². The van der Waals surface area contributed by atoms with Crippen molar-refractivity contribution >= 4 is 21.9 Å². The molecule has 9 aromatic rings. The molecule has 0 aliphatic rings. The summed E-state index contributed by atoms with van der Waals surface area (Å²) < 4.78 is 6.83. The Morgan fingerprint density at radius 3 is 1.15 bits per heavy atom. The average Bonchev–Trinajstić information content (AvgIpc) is 3.64. The number of benzene rings is 8. The third-order valence-corrected chi connectivity index (χ3v) is 10.5. The van der Waals surface area contributed by atoms with Gasteiger partial charge in [-0.05, 0) is 51.1 Å². The zero-order valence-electron chi connectivity index (χ0n) is 28.9. The lowest BCUT2D eigenvalue weighted by Crippen LogP contribution is -2.29. The Morgan fingerprint density at radius 1 is 0.321 bits per heavy atom. The standard InChI is InChI=1S/C50H36O3/c51-49(35-19-5-1-6-20-35,36-21-7-2-8-22-36)44-30-16-13-27-39(44)41-33-34-42(48-47(41)43-29-15-18-32-46(43)53-48)40-28-14-17-31-45(40)50(52,37-23-9-3-10-24-37)38-25-11-4-12-26-38/h1-34,51-52H. The monoisotopic (exact) mass is 684 g/mol. The lowest BCUT2D eigenvalue weighted by molar-refractivity contribution is 0.126. The third kappa shape index (κ3) is 5.29. The van der Waals surface area contributed by atoms with E-state index in [0.717, 1.165) is 72.0 Å². The number of hydrogen-bond acceptors (Lipinski definition) is 3. The average molecular weight is 685 g/mol. The largest absolute Gasteiger partial charge is 0.455 e. The van der Waals surface area contributed by atoms with Crippen LogP contribution in [-0.4, -0.2) is 10.2 Å². The minimum absolute atomic E-state index is 0.706. The molecule has 0 radical (unpaired) electrons. The molecular weight excluding hydrogens is 649 g/mol. The van der Waals surface area contributed by atoms with Crippen LogP contribution in [0.5, 0.6) is 0 Å². The van der Waals surface area contributed by atoms with E-state index in [9.17, 15) is 10.2 Å². The van der Waals surface area contributed by atoms with Crippen LogP contribution in [0.4, 0.5) is 0 Å². The number of fused-ring (bicyclic) bond motifs is 3. The highest BCUT2D eigenvalue weighted by molar-refractivity contribution is 6.16. The molecule has 2 N–H and O–H groups in total. The predicted molar refractivity (Wildman–Crippen MR) is 215 cm³/mol. The molecule has 0 amide bonds. The van der Waals surface area contributed by atoms with E-state index in [0.29, 0.717) is 5.58 Å². The van der Waals surface area contributed by atoms with Gasteiger partial charge in [0.25, 0.3) is 0 Å². The van der Waals surface area contributed by atoms with Gasteiger partial charge in [-0.1, -0.05) is 194 Å². The molecule has 0 aliphatic carbocycles. The van der Waals surface area contributed by atoms with E-state index < -0.39 is 11.2 Å². The highest BCUT2D eigenvalue weighted by Gasteiger charge is 2.38. The summed E-state index contributed by atoms with van der Waals surface area (Å²) in [5.74, 6) is 0. The predicted octanol–water partition coefficient (Wildman–Crippen LogP) is 11.5. The molecule has 0 saturated heterocycles. The van der Waals surface area contributed by atoms with Gasteiger partial charge in [0, 0.05) is 27.5 Å². The second kappa shape index (κ2) is 13.2. The van der Waals surface area contributed by atoms with Gasteiger partial charge < -0.3 is 14.6 Å². The van der Waals surface area contributed by atoms with Crippen LogP contribution in [0.2, 0.25) is 0 Å². The van der Waals surface area contributed by atoms with Crippen molar-refractivity contribution in [2.24, 2.45) is 0 Å². The van der Waals surface area contributed by atoms with Crippen LogP contribution in [0.1, 0.15) is 33.4 Å². The molecule has 0 atom stereocenters. The number of aliphatic hydroxyl groups is 2. The lowest BCUT2D eigenvalue weighted by atomic mass is 9.76. The Hall–Kier alpha value is -6.52. The van der Waals surface area contributed by atoms with Crippen molar-refractivity contribution in [3.8, 4) is 22.3 Å². The van der Waals surface area contributed by atoms with Gasteiger partial charge in [0.1, 0.15) is 22.4 Å². The summed E-state index contributed by atoms with van der Waals surface area (Å²) >= 11 is 0. The summed E-state index contributed by atoms with van der Waals surface area (Å²) in [6.45, 7) is 0. The fourth-order valence-corrected chi connectivity index (χ4v) is 8.00. The lowest BCUT2D eigenvalue weighted by Gasteiger charge is -2.32. The zero-order chi connectivity index (χ0) is 35.8. The SMILES string of the molecule is OC(c1ccccc1)(c1ccccc1)c1ccccc1-c1ccc(-c2ccccc2C(O)(c2ccccc2)c2ccccc2)c2c1oc1ccccc12. The quantitative estimate of drug-likeness (QED) is 0.157. The molecule has 0 spiro atoms. The first-order valence-electron chi connectivity index (χ1n) is 17.9. The number of furan rings is 1. The third-order valence-electron chi connectivity index (χ3n) is 10.5. The van der Waals surface area contributed by atoms with Gasteiger partial charge in [0.05, 0.1) is 0 Å². The zero-order valence-corrected chi connectivity index (χ0v) is 28.9. The van der Waals surface area contributed by atoms with Crippen molar-refractivity contribution in [2.45, 2.75) is 11.2 Å². The maximum Gasteiger partial charge on any atom is 0.143 e. The molecule has 0 saturated carbocycles. The maximum absolute atomic E-state index is 13.0. The van der Waals surface area contributed by atoms with E-state index in [2.05, 4.69) is 30.3 Å². The van der Waals surface area contributed by atoms with Crippen molar-refractivity contribution in [1.82, 2.24) is 0 Å². The number of hydrogen-bond donors (Lipinski definition) is 2. The van der Waals surface area contributed by atoms with Crippen LogP contribution in [0, 0.1) is 0 Å². The van der Waals surface area contributed by atoms with E-state index in [1.54, 1.807) is 0 Å². The molecule has 8 aromatic carbocycles. The summed E-state index contributed by atoms with van der Waals surface area (Å²) in [6, 6.07) is 67.9. The van der Waals surface area contributed by atoms with Crippen LogP contribution in [0.15, 0.2) is 211 Å². The molecule has 0 unspecified atom stereocenters. The summed E-state index contributed by atoms with van der Waals surface area (Å²) in [4.78, 5) is 0. The van der Waals surface area contributed by atoms with Crippen molar-refractivity contribution in [3.05, 3.63) is 240 Å². The molecule has 254 valence electrons. The Balaban J connectivity index is 1.33. The molecule has 1 aromatic heterocycles. The van der Waals surface area contributed by atoms with Crippen LogP contribution in [0.25, 0.3) is 44.2 Å². The molecule has 3 nitrogen and oxygen atoms in total. The topological polar surface area (TPSA) is 53.6 Å². The Bertz CT molecular complexity index is 2600. The minimum Gasteiger partial charge on any atom is -0.455 e. The highest BCUT2D eigenvalue weighted by atomic mass is 16.3. The normalized spacial score (nSPS) is 12.0. The van der Waals surface area contributed by atoms with Crippen molar-refractivity contribution in [1.29, 1.82) is 0 Å². The van der Waals surface area contributed by atoms with Crippen LogP contribution < -0.4 is 0 Å². The summed E-state index contributed by atoms with van der Waals surface area (Å²) in [5, 5.41) is 27.9. The van der Waals surface area contributed by atoms with Gasteiger partial charge in [0.15, 0.2) is 0 Å². The minimum atomic E-state index is -1.45. The van der Waals surface area contributed by atoms with Gasteiger partial charge in [-0.15, -0.1) is 0 Å². The molecule has 1 heterocycles. The number of para-hydroxylation sites is 1. The summed E-state index contributed by atoms with van der Waals surface area (Å²) in [6.07, 6.45) is 0. The Morgan fingerprint density at radius 2 is 0.679 bits per heavy atom. The van der Waals surface area contributed by atoms with Crippen molar-refractivity contribution in [3.63, 3.8) is 0 Å². The van der Waals surface area contributed by atoms with Gasteiger partial charge in [-0.2, -0.15) is 0 Å². The molecule has 9 rings (SSSR count). The van der Waals surface area contributed by atoms with Gasteiger partial charge in [0.2, 0.25) is 0 Å². The van der Waals surface area contributed by atoms with E-state index in [-0.39, 0.29) is 0 Å². The maximum atomic E-state index is 13.0. The van der Waals surface area contributed by atoms with Crippen LogP contribution >= 0.6 is 0 Å². The second-order valence-corrected chi connectivity index (χ2v) is 13.4. The fraction of sp³-hybridized carbons (Fsp3) is 0.0400. The first-order valence-corrected chi connectivity index (χ1v) is 17.9. The first-order chi connectivity index (χ1) is 26.1. The number of rotatable bonds is 8. The molecule has 3 heteroatoms. The molecule has 53 heavy (non-hydrogen) atoms. The van der Waals surface area contributed by atoms with Gasteiger partial charge in [-0.3, -0.25) is 0 Å². The Labute approximate surface area is 308 Å². The van der Waals surface area contributed by atoms with Crippen LogP contribution in [0.3, 0.4) is 0 Å². The first kappa shape index (κ1) is 32.4. The molecular formula is C50H36O3. The van der Waals surface area contributed by atoms with Crippen molar-refractivity contribution < 1.29 is 14.6 Å². The van der Waals surface area contributed by atoms with E-state index >= 15 is 0 Å². The van der Waals surface area contributed by atoms with Crippen LogP contribution in [-0.2, 0) is 11.2 Å². The molecule has 0 aliphatic heterocycles. The smallest absolute Gasteiger partial charge is 0.143 e. The summed E-state index contributed by atoms with van der Waals surface area (Å²) in [5.41, 5.74) is 6.71. The fourth-order valence-electron chi connectivity index (χ4n) is 8.00.